The predicted octanol–water partition coefficient (Wildman–Crippen LogP) is 13.0. The Kier molecular flexibility index (Phi) is 6.07. The van der Waals surface area contributed by atoms with Gasteiger partial charge in [-0.2, -0.15) is 0 Å². The van der Waals surface area contributed by atoms with Crippen molar-refractivity contribution in [3.05, 3.63) is 188 Å². The van der Waals surface area contributed by atoms with Crippen LogP contribution in [0, 0.1) is 0 Å². The molecule has 6 heteroatoms. The molecule has 0 bridgehead atoms. The fourth-order valence-electron chi connectivity index (χ4n) is 9.33. The summed E-state index contributed by atoms with van der Waals surface area (Å²) in [6.07, 6.45) is 0. The Balaban J connectivity index is 1.04. The SMILES string of the molecule is c1ccc(-n2c3ccccc3c3c2n2c4ccccc4nc2n3-c2ccc3c(c2)c2ccccc2n3-c2ccc(-c3cccc4c3oc3ccccc34)cc2)cc1. The van der Waals surface area contributed by atoms with Gasteiger partial charge in [0.2, 0.25) is 5.78 Å². The quantitative estimate of drug-likeness (QED) is 0.181. The Bertz CT molecular complexity index is 3740. The monoisotopic (exact) mass is 729 g/mol. The van der Waals surface area contributed by atoms with Crippen molar-refractivity contribution in [2.24, 2.45) is 0 Å². The summed E-state index contributed by atoms with van der Waals surface area (Å²) in [5.41, 5.74) is 15.0. The lowest BCUT2D eigenvalue weighted by Gasteiger charge is -2.10. The molecule has 5 heterocycles. The molecule has 8 aromatic carbocycles. The summed E-state index contributed by atoms with van der Waals surface area (Å²) in [7, 11) is 0. The molecule has 0 saturated heterocycles. The van der Waals surface area contributed by atoms with Gasteiger partial charge >= 0.3 is 0 Å². The van der Waals surface area contributed by atoms with Crippen LogP contribution >= 0.6 is 0 Å². The molecule has 57 heavy (non-hydrogen) atoms. The summed E-state index contributed by atoms with van der Waals surface area (Å²) in [6.45, 7) is 0. The summed E-state index contributed by atoms with van der Waals surface area (Å²) in [4.78, 5) is 5.30. The van der Waals surface area contributed by atoms with E-state index in [4.69, 9.17) is 9.40 Å². The average Bonchev–Trinajstić information content (AvgIpc) is 4.07. The van der Waals surface area contributed by atoms with Gasteiger partial charge in [0.25, 0.3) is 0 Å². The third kappa shape index (κ3) is 4.16. The molecule has 0 aliphatic heterocycles. The Morgan fingerprint density at radius 1 is 0.404 bits per heavy atom. The molecule has 266 valence electrons. The van der Waals surface area contributed by atoms with Crippen LogP contribution in [0.15, 0.2) is 192 Å². The number of hydrogen-bond donors (Lipinski definition) is 0. The van der Waals surface area contributed by atoms with Gasteiger partial charge in [0.15, 0.2) is 5.65 Å². The number of fused-ring (bicyclic) bond motifs is 13. The van der Waals surface area contributed by atoms with Crippen LogP contribution in [0.5, 0.6) is 0 Å². The topological polar surface area (TPSA) is 45.2 Å². The zero-order chi connectivity index (χ0) is 37.2. The lowest BCUT2D eigenvalue weighted by molar-refractivity contribution is 0.670. The standard InChI is InChI=1S/C51H31N5O/c1-2-13-33(14-3-1)54-44-22-9-5-17-40(44)48-50(54)56-46-23-10-7-20-42(46)52-51(56)55(48)35-29-30-45-41(31-35)37-15-4-8-21-43(37)53(45)34-27-25-32(26-28-34)36-18-12-19-39-38-16-6-11-24-47(38)57-49(36)39/h1-31H. The van der Waals surface area contributed by atoms with Gasteiger partial charge in [0.05, 0.1) is 33.3 Å². The molecule has 0 atom stereocenters. The molecule has 0 unspecified atom stereocenters. The maximum atomic E-state index is 6.40. The van der Waals surface area contributed by atoms with Crippen LogP contribution in [0.3, 0.4) is 0 Å². The number of hydrogen-bond acceptors (Lipinski definition) is 2. The molecular weight excluding hydrogens is 699 g/mol. The molecule has 6 nitrogen and oxygen atoms in total. The Morgan fingerprint density at radius 2 is 1.04 bits per heavy atom. The van der Waals surface area contributed by atoms with Gasteiger partial charge in [-0.15, -0.1) is 0 Å². The first kappa shape index (κ1) is 30.5. The molecule has 0 aliphatic carbocycles. The predicted molar refractivity (Wildman–Crippen MR) is 233 cm³/mol. The number of rotatable bonds is 4. The van der Waals surface area contributed by atoms with Gasteiger partial charge in [0.1, 0.15) is 16.7 Å². The Hall–Kier alpha value is -7.83. The molecule has 0 radical (unpaired) electrons. The lowest BCUT2D eigenvalue weighted by atomic mass is 10.0. The molecule has 0 saturated carbocycles. The minimum atomic E-state index is 0.884. The lowest BCUT2D eigenvalue weighted by Crippen LogP contribution is -1.97. The second-order valence-corrected chi connectivity index (χ2v) is 14.8. The highest BCUT2D eigenvalue weighted by Crippen LogP contribution is 2.41. The molecule has 0 spiro atoms. The summed E-state index contributed by atoms with van der Waals surface area (Å²) >= 11 is 0. The third-order valence-corrected chi connectivity index (χ3v) is 11.8. The Morgan fingerprint density at radius 3 is 1.88 bits per heavy atom. The van der Waals surface area contributed by atoms with Gasteiger partial charge < -0.3 is 8.98 Å². The van der Waals surface area contributed by atoms with E-state index in [1.54, 1.807) is 0 Å². The van der Waals surface area contributed by atoms with E-state index in [2.05, 4.69) is 194 Å². The number of para-hydroxylation sites is 7. The van der Waals surface area contributed by atoms with Crippen LogP contribution in [0.1, 0.15) is 0 Å². The van der Waals surface area contributed by atoms with Gasteiger partial charge in [0, 0.05) is 43.9 Å². The van der Waals surface area contributed by atoms with Crippen LogP contribution < -0.4 is 0 Å². The van der Waals surface area contributed by atoms with E-state index in [1.807, 2.05) is 12.1 Å². The number of aromatic nitrogens is 5. The molecule has 0 amide bonds. The van der Waals surface area contributed by atoms with Gasteiger partial charge in [-0.25, -0.2) is 4.98 Å². The molecule has 13 aromatic rings. The maximum absolute atomic E-state index is 6.40. The molecule has 13 rings (SSSR count). The van der Waals surface area contributed by atoms with Crippen LogP contribution in [0.2, 0.25) is 0 Å². The number of furan rings is 1. The summed E-state index contributed by atoms with van der Waals surface area (Å²) in [5.74, 6) is 0.884. The first-order chi connectivity index (χ1) is 28.3. The highest BCUT2D eigenvalue weighted by Gasteiger charge is 2.25. The van der Waals surface area contributed by atoms with Crippen molar-refractivity contribution in [3.8, 4) is 28.2 Å². The number of benzene rings is 8. The molecule has 5 aromatic heterocycles. The second kappa shape index (κ2) is 11.4. The highest BCUT2D eigenvalue weighted by atomic mass is 16.3. The number of imidazole rings is 2. The Labute approximate surface area is 325 Å². The smallest absolute Gasteiger partial charge is 0.221 e. The normalized spacial score (nSPS) is 12.2. The molecule has 0 fully saturated rings. The number of nitrogens with zero attached hydrogens (tertiary/aromatic N) is 5. The zero-order valence-electron chi connectivity index (χ0n) is 30.5. The van der Waals surface area contributed by atoms with Crippen molar-refractivity contribution in [1.82, 2.24) is 23.1 Å². The van der Waals surface area contributed by atoms with Crippen LogP contribution in [-0.4, -0.2) is 23.1 Å². The molecule has 0 N–H and O–H groups in total. The largest absolute Gasteiger partial charge is 0.455 e. The van der Waals surface area contributed by atoms with Crippen molar-refractivity contribution in [1.29, 1.82) is 0 Å². The van der Waals surface area contributed by atoms with E-state index in [9.17, 15) is 0 Å². The summed E-state index contributed by atoms with van der Waals surface area (Å²) in [5, 5.41) is 5.83. The van der Waals surface area contributed by atoms with Crippen molar-refractivity contribution in [3.63, 3.8) is 0 Å². The van der Waals surface area contributed by atoms with Crippen LogP contribution in [0.25, 0.3) is 111 Å². The van der Waals surface area contributed by atoms with E-state index < -0.39 is 0 Å². The van der Waals surface area contributed by atoms with Crippen molar-refractivity contribution >= 4 is 82.6 Å². The molecular formula is C51H31N5O. The average molecular weight is 730 g/mol. The van der Waals surface area contributed by atoms with E-state index in [0.717, 1.165) is 94.7 Å². The van der Waals surface area contributed by atoms with Crippen LogP contribution in [0.4, 0.5) is 0 Å². The summed E-state index contributed by atoms with van der Waals surface area (Å²) < 4.78 is 15.9. The minimum absolute atomic E-state index is 0.884. The van der Waals surface area contributed by atoms with Crippen molar-refractivity contribution < 1.29 is 4.42 Å². The fraction of sp³-hybridized carbons (Fsp3) is 0. The molecule has 0 aliphatic rings. The van der Waals surface area contributed by atoms with Crippen molar-refractivity contribution in [2.75, 3.05) is 0 Å². The van der Waals surface area contributed by atoms with Crippen LogP contribution in [-0.2, 0) is 0 Å². The van der Waals surface area contributed by atoms with Gasteiger partial charge in [-0.05, 0) is 78.4 Å². The minimum Gasteiger partial charge on any atom is -0.455 e. The highest BCUT2D eigenvalue weighted by molar-refractivity contribution is 6.13. The first-order valence-corrected chi connectivity index (χ1v) is 19.3. The van der Waals surface area contributed by atoms with E-state index in [-0.39, 0.29) is 0 Å². The zero-order valence-corrected chi connectivity index (χ0v) is 30.5. The second-order valence-electron chi connectivity index (χ2n) is 14.8. The van der Waals surface area contributed by atoms with Crippen molar-refractivity contribution in [2.45, 2.75) is 0 Å². The first-order valence-electron chi connectivity index (χ1n) is 19.3. The summed E-state index contributed by atoms with van der Waals surface area (Å²) in [6, 6.07) is 66.9. The van der Waals surface area contributed by atoms with E-state index in [1.165, 1.54) is 16.2 Å². The van der Waals surface area contributed by atoms with Gasteiger partial charge in [-0.3, -0.25) is 13.5 Å². The maximum Gasteiger partial charge on any atom is 0.221 e. The fourth-order valence-corrected chi connectivity index (χ4v) is 9.33. The van der Waals surface area contributed by atoms with Gasteiger partial charge in [-0.1, -0.05) is 115 Å². The third-order valence-electron chi connectivity index (χ3n) is 11.8. The van der Waals surface area contributed by atoms with E-state index >= 15 is 0 Å². The van der Waals surface area contributed by atoms with E-state index in [0.29, 0.717) is 0 Å².